The zero-order valence-electron chi connectivity index (χ0n) is 18.0. The van der Waals surface area contributed by atoms with Crippen molar-refractivity contribution >= 4 is 23.2 Å². The van der Waals surface area contributed by atoms with Crippen LogP contribution in [0.25, 0.3) is 0 Å². The number of carbonyl (C=O) groups excluding carboxylic acids is 1. The van der Waals surface area contributed by atoms with E-state index < -0.39 is 5.79 Å². The Morgan fingerprint density at radius 1 is 1.03 bits per heavy atom. The average Bonchev–Trinajstić information content (AvgIpc) is 3.27. The highest BCUT2D eigenvalue weighted by Gasteiger charge is 2.40. The Balaban J connectivity index is 1.35. The van der Waals surface area contributed by atoms with Crippen LogP contribution in [0.5, 0.6) is 0 Å². The Labute approximate surface area is 193 Å². The quantitative estimate of drug-likeness (QED) is 0.673. The molecule has 1 amide bonds. The summed E-state index contributed by atoms with van der Waals surface area (Å²) in [5, 5.41) is 3.50. The summed E-state index contributed by atoms with van der Waals surface area (Å²) in [6, 6.07) is 16.5. The minimum absolute atomic E-state index is 0.0225. The zero-order valence-corrected chi connectivity index (χ0v) is 18.8. The number of likely N-dealkylation sites (tertiary alicyclic amines) is 1. The number of hydrogen-bond donors (Lipinski definition) is 1. The molecule has 0 aliphatic carbocycles. The molecule has 8 heteroatoms. The first-order chi connectivity index (χ1) is 15.5. The van der Waals surface area contributed by atoms with Gasteiger partial charge in [0.05, 0.1) is 19.8 Å². The van der Waals surface area contributed by atoms with E-state index in [4.69, 9.17) is 21.7 Å². The second kappa shape index (κ2) is 10.4. The third kappa shape index (κ3) is 5.62. The van der Waals surface area contributed by atoms with Gasteiger partial charge in [-0.25, -0.2) is 4.39 Å². The van der Waals surface area contributed by atoms with Gasteiger partial charge in [0.2, 0.25) is 5.91 Å². The predicted octanol–water partition coefficient (Wildman–Crippen LogP) is 3.07. The fourth-order valence-corrected chi connectivity index (χ4v) is 4.29. The van der Waals surface area contributed by atoms with Crippen LogP contribution >= 0.6 is 12.2 Å². The molecule has 0 bridgehead atoms. The number of rotatable bonds is 6. The molecule has 2 aromatic rings. The lowest BCUT2D eigenvalue weighted by molar-refractivity contribution is -0.187. The minimum Gasteiger partial charge on any atom is -0.353 e. The number of nitrogens with one attached hydrogen (secondary N) is 1. The number of carbonyl (C=O) groups is 1. The van der Waals surface area contributed by atoms with Crippen molar-refractivity contribution in [3.8, 4) is 0 Å². The molecule has 170 valence electrons. The van der Waals surface area contributed by atoms with Gasteiger partial charge in [0.1, 0.15) is 5.82 Å². The second-order valence-corrected chi connectivity index (χ2v) is 8.47. The Kier molecular flexibility index (Phi) is 7.34. The van der Waals surface area contributed by atoms with E-state index in [0.29, 0.717) is 62.9 Å². The Bertz CT molecular complexity index is 927. The van der Waals surface area contributed by atoms with Crippen LogP contribution in [0, 0.1) is 5.82 Å². The van der Waals surface area contributed by atoms with Crippen molar-refractivity contribution in [3.05, 3.63) is 71.5 Å². The van der Waals surface area contributed by atoms with E-state index >= 15 is 0 Å². The smallest absolute Gasteiger partial charge is 0.241 e. The largest absolute Gasteiger partial charge is 0.353 e. The highest BCUT2D eigenvalue weighted by molar-refractivity contribution is 7.80. The highest BCUT2D eigenvalue weighted by Crippen LogP contribution is 2.31. The molecule has 0 unspecified atom stereocenters. The number of amides is 1. The fourth-order valence-electron chi connectivity index (χ4n) is 4.09. The van der Waals surface area contributed by atoms with E-state index in [1.807, 2.05) is 40.1 Å². The molecule has 2 aliphatic rings. The van der Waals surface area contributed by atoms with Crippen LogP contribution in [-0.4, -0.2) is 59.5 Å². The van der Waals surface area contributed by atoms with Gasteiger partial charge in [-0.1, -0.05) is 48.5 Å². The van der Waals surface area contributed by atoms with Crippen LogP contribution < -0.4 is 5.32 Å². The van der Waals surface area contributed by atoms with Crippen molar-refractivity contribution in [3.63, 3.8) is 0 Å². The van der Waals surface area contributed by atoms with Crippen molar-refractivity contribution < 1.29 is 18.7 Å². The number of hydrogen-bond acceptors (Lipinski definition) is 4. The number of halogens is 1. The van der Waals surface area contributed by atoms with Gasteiger partial charge in [-0.05, 0) is 23.8 Å². The van der Waals surface area contributed by atoms with Gasteiger partial charge in [0.15, 0.2) is 10.9 Å². The number of piperidine rings is 1. The molecule has 2 aromatic carbocycles. The van der Waals surface area contributed by atoms with E-state index in [9.17, 15) is 9.18 Å². The van der Waals surface area contributed by atoms with Crippen LogP contribution in [-0.2, 0) is 27.4 Å². The lowest BCUT2D eigenvalue weighted by Crippen LogP contribution is -2.50. The molecular weight excluding hydrogens is 429 g/mol. The molecule has 2 fully saturated rings. The van der Waals surface area contributed by atoms with E-state index in [1.165, 1.54) is 6.07 Å². The SMILES string of the molecule is O=C(CNC(=S)N(Cc1ccccc1)Cc1ccccc1F)N1CCC2(CC1)OCCO2. The molecule has 2 aliphatic heterocycles. The van der Waals surface area contributed by atoms with Gasteiger partial charge in [0.25, 0.3) is 0 Å². The Hall–Kier alpha value is -2.55. The first-order valence-electron chi connectivity index (χ1n) is 10.9. The van der Waals surface area contributed by atoms with Crippen molar-refractivity contribution in [2.45, 2.75) is 31.7 Å². The normalized spacial score (nSPS) is 17.3. The molecule has 1 N–H and O–H groups in total. The molecule has 2 heterocycles. The Morgan fingerprint density at radius 3 is 2.38 bits per heavy atom. The molecule has 0 radical (unpaired) electrons. The van der Waals surface area contributed by atoms with E-state index in [1.54, 1.807) is 18.2 Å². The lowest BCUT2D eigenvalue weighted by atomic mass is 10.0. The maximum absolute atomic E-state index is 14.3. The van der Waals surface area contributed by atoms with E-state index in [2.05, 4.69) is 5.32 Å². The second-order valence-electron chi connectivity index (χ2n) is 8.08. The maximum atomic E-state index is 14.3. The fraction of sp³-hybridized carbons (Fsp3) is 0.417. The summed E-state index contributed by atoms with van der Waals surface area (Å²) >= 11 is 5.60. The maximum Gasteiger partial charge on any atom is 0.241 e. The lowest BCUT2D eigenvalue weighted by Gasteiger charge is -2.37. The van der Waals surface area contributed by atoms with Crippen LogP contribution in [0.15, 0.2) is 54.6 Å². The third-order valence-electron chi connectivity index (χ3n) is 5.90. The molecule has 2 saturated heterocycles. The van der Waals surface area contributed by atoms with Crippen molar-refractivity contribution in [2.24, 2.45) is 0 Å². The van der Waals surface area contributed by atoms with Crippen molar-refractivity contribution in [1.29, 1.82) is 0 Å². The molecule has 1 spiro atoms. The molecule has 0 atom stereocenters. The van der Waals surface area contributed by atoms with Crippen LogP contribution in [0.4, 0.5) is 4.39 Å². The minimum atomic E-state index is -0.508. The van der Waals surface area contributed by atoms with Gasteiger partial charge in [0, 0.05) is 44.6 Å². The third-order valence-corrected chi connectivity index (χ3v) is 6.31. The first kappa shape index (κ1) is 22.6. The summed E-state index contributed by atoms with van der Waals surface area (Å²) in [5.74, 6) is -0.806. The van der Waals surface area contributed by atoms with Gasteiger partial charge >= 0.3 is 0 Å². The van der Waals surface area contributed by atoms with Crippen molar-refractivity contribution in [2.75, 3.05) is 32.8 Å². The number of nitrogens with zero attached hydrogens (tertiary/aromatic N) is 2. The summed E-state index contributed by atoms with van der Waals surface area (Å²) in [5.41, 5.74) is 1.61. The van der Waals surface area contributed by atoms with Crippen LogP contribution in [0.1, 0.15) is 24.0 Å². The summed E-state index contributed by atoms with van der Waals surface area (Å²) < 4.78 is 25.7. The number of ether oxygens (including phenoxy) is 2. The molecule has 6 nitrogen and oxygen atoms in total. The summed E-state index contributed by atoms with van der Waals surface area (Å²) in [6.45, 7) is 3.33. The van der Waals surface area contributed by atoms with E-state index in [0.717, 1.165) is 5.56 Å². The zero-order chi connectivity index (χ0) is 22.4. The van der Waals surface area contributed by atoms with Gasteiger partial charge < -0.3 is 24.6 Å². The number of benzene rings is 2. The average molecular weight is 458 g/mol. The van der Waals surface area contributed by atoms with Crippen LogP contribution in [0.2, 0.25) is 0 Å². The van der Waals surface area contributed by atoms with Gasteiger partial charge in [-0.2, -0.15) is 0 Å². The predicted molar refractivity (Wildman–Crippen MR) is 123 cm³/mol. The monoisotopic (exact) mass is 457 g/mol. The molecule has 4 rings (SSSR count). The summed E-state index contributed by atoms with van der Waals surface area (Å²) in [6.07, 6.45) is 1.35. The Morgan fingerprint density at radius 2 is 1.69 bits per heavy atom. The molecule has 32 heavy (non-hydrogen) atoms. The van der Waals surface area contributed by atoms with Crippen molar-refractivity contribution in [1.82, 2.24) is 15.1 Å². The van der Waals surface area contributed by atoms with E-state index in [-0.39, 0.29) is 18.3 Å². The molecular formula is C24H28FN3O3S. The molecule has 0 saturated carbocycles. The van der Waals surface area contributed by atoms with Gasteiger partial charge in [-0.15, -0.1) is 0 Å². The summed E-state index contributed by atoms with van der Waals surface area (Å²) in [4.78, 5) is 16.4. The number of thiocarbonyl (C=S) groups is 1. The van der Waals surface area contributed by atoms with Gasteiger partial charge in [-0.3, -0.25) is 4.79 Å². The topological polar surface area (TPSA) is 54.0 Å². The summed E-state index contributed by atoms with van der Waals surface area (Å²) in [7, 11) is 0. The standard InChI is InChI=1S/C24H28FN3O3S/c25-21-9-5-4-8-20(21)18-28(17-19-6-2-1-3-7-19)23(32)26-16-22(29)27-12-10-24(11-13-27)30-14-15-31-24/h1-9H,10-18H2,(H,26,32). The highest BCUT2D eigenvalue weighted by atomic mass is 32.1. The first-order valence-corrected chi connectivity index (χ1v) is 11.3. The molecule has 0 aromatic heterocycles. The van der Waals surface area contributed by atoms with Crippen LogP contribution in [0.3, 0.4) is 0 Å².